The van der Waals surface area contributed by atoms with Gasteiger partial charge in [0.05, 0.1) is 12.3 Å². The summed E-state index contributed by atoms with van der Waals surface area (Å²) in [5.74, 6) is 1.60. The molecule has 1 aliphatic rings. The van der Waals surface area contributed by atoms with Gasteiger partial charge >= 0.3 is 0 Å². The summed E-state index contributed by atoms with van der Waals surface area (Å²) < 4.78 is 5.33. The maximum atomic E-state index is 11.6. The standard InChI is InChI=1S/C13H21N3O2/c1-9(2)6-14-7-11-5-12(17)16-13(15-11)10-3-4-18-8-10/h5,9-10,14H,3-4,6-8H2,1-2H3,(H,15,16,17). The molecule has 18 heavy (non-hydrogen) atoms. The Balaban J connectivity index is 2.04. The fourth-order valence-corrected chi connectivity index (χ4v) is 2.05. The van der Waals surface area contributed by atoms with E-state index in [1.54, 1.807) is 6.07 Å². The lowest BCUT2D eigenvalue weighted by atomic mass is 10.1. The summed E-state index contributed by atoms with van der Waals surface area (Å²) in [6.07, 6.45) is 0.936. The van der Waals surface area contributed by atoms with E-state index in [1.807, 2.05) is 0 Å². The lowest BCUT2D eigenvalue weighted by Crippen LogP contribution is -2.23. The van der Waals surface area contributed by atoms with Crippen LogP contribution >= 0.6 is 0 Å². The van der Waals surface area contributed by atoms with Gasteiger partial charge in [-0.1, -0.05) is 13.8 Å². The predicted molar refractivity (Wildman–Crippen MR) is 69.6 cm³/mol. The third kappa shape index (κ3) is 3.65. The Hall–Kier alpha value is -1.20. The third-order valence-electron chi connectivity index (χ3n) is 2.99. The van der Waals surface area contributed by atoms with Crippen molar-refractivity contribution in [1.82, 2.24) is 15.3 Å². The molecule has 0 saturated carbocycles. The lowest BCUT2D eigenvalue weighted by Gasteiger charge is -2.10. The second-order valence-electron chi connectivity index (χ2n) is 5.21. The molecule has 0 spiro atoms. The van der Waals surface area contributed by atoms with Gasteiger partial charge in [-0.15, -0.1) is 0 Å². The summed E-state index contributed by atoms with van der Waals surface area (Å²) in [5.41, 5.74) is 0.731. The van der Waals surface area contributed by atoms with Crippen LogP contribution in [0.4, 0.5) is 0 Å². The van der Waals surface area contributed by atoms with Crippen molar-refractivity contribution in [2.45, 2.75) is 32.7 Å². The highest BCUT2D eigenvalue weighted by Gasteiger charge is 2.20. The topological polar surface area (TPSA) is 67.0 Å². The SMILES string of the molecule is CC(C)CNCc1cc(=O)[nH]c(C2CCOC2)n1. The molecule has 1 saturated heterocycles. The van der Waals surface area contributed by atoms with Crippen molar-refractivity contribution < 1.29 is 4.74 Å². The van der Waals surface area contributed by atoms with Crippen LogP contribution in [0.2, 0.25) is 0 Å². The van der Waals surface area contributed by atoms with E-state index < -0.39 is 0 Å². The third-order valence-corrected chi connectivity index (χ3v) is 2.99. The average molecular weight is 251 g/mol. The van der Waals surface area contributed by atoms with Gasteiger partial charge in [-0.3, -0.25) is 4.79 Å². The van der Waals surface area contributed by atoms with Gasteiger partial charge in [0.2, 0.25) is 0 Å². The van der Waals surface area contributed by atoms with Crippen LogP contribution in [0.3, 0.4) is 0 Å². The summed E-state index contributed by atoms with van der Waals surface area (Å²) in [4.78, 5) is 18.9. The Morgan fingerprint density at radius 3 is 3.11 bits per heavy atom. The number of hydrogen-bond acceptors (Lipinski definition) is 4. The van der Waals surface area contributed by atoms with E-state index in [0.717, 1.165) is 31.1 Å². The van der Waals surface area contributed by atoms with E-state index >= 15 is 0 Å². The molecular weight excluding hydrogens is 230 g/mol. The van der Waals surface area contributed by atoms with Crippen molar-refractivity contribution in [1.29, 1.82) is 0 Å². The zero-order valence-electron chi connectivity index (χ0n) is 11.0. The fourth-order valence-electron chi connectivity index (χ4n) is 2.05. The van der Waals surface area contributed by atoms with E-state index in [1.165, 1.54) is 0 Å². The molecule has 0 radical (unpaired) electrons. The quantitative estimate of drug-likeness (QED) is 0.820. The van der Waals surface area contributed by atoms with Gasteiger partial charge in [-0.2, -0.15) is 0 Å². The second kappa shape index (κ2) is 6.11. The Labute approximate surface area is 107 Å². The molecule has 0 aliphatic carbocycles. The number of rotatable bonds is 5. The summed E-state index contributed by atoms with van der Waals surface area (Å²) >= 11 is 0. The average Bonchev–Trinajstić information content (AvgIpc) is 2.81. The number of nitrogens with one attached hydrogen (secondary N) is 2. The largest absolute Gasteiger partial charge is 0.381 e. The first kappa shape index (κ1) is 13.2. The van der Waals surface area contributed by atoms with Crippen molar-refractivity contribution in [3.63, 3.8) is 0 Å². The monoisotopic (exact) mass is 251 g/mol. The Kier molecular flexibility index (Phi) is 4.49. The number of aromatic nitrogens is 2. The number of aromatic amines is 1. The molecule has 1 aromatic rings. The van der Waals surface area contributed by atoms with Crippen LogP contribution in [0.25, 0.3) is 0 Å². The van der Waals surface area contributed by atoms with Gasteiger partial charge in [0.15, 0.2) is 0 Å². The highest BCUT2D eigenvalue weighted by atomic mass is 16.5. The minimum atomic E-state index is -0.0757. The molecule has 2 heterocycles. The van der Waals surface area contributed by atoms with Gasteiger partial charge in [0.25, 0.3) is 5.56 Å². The van der Waals surface area contributed by atoms with Crippen molar-refractivity contribution >= 4 is 0 Å². The molecule has 2 rings (SSSR count). The maximum Gasteiger partial charge on any atom is 0.251 e. The van der Waals surface area contributed by atoms with Crippen LogP contribution in [-0.4, -0.2) is 29.7 Å². The molecule has 1 aromatic heterocycles. The van der Waals surface area contributed by atoms with Crippen LogP contribution in [0.15, 0.2) is 10.9 Å². The molecule has 5 nitrogen and oxygen atoms in total. The van der Waals surface area contributed by atoms with Crippen molar-refractivity contribution in [3.8, 4) is 0 Å². The highest BCUT2D eigenvalue weighted by molar-refractivity contribution is 5.07. The second-order valence-corrected chi connectivity index (χ2v) is 5.21. The molecule has 100 valence electrons. The molecular formula is C13H21N3O2. The maximum absolute atomic E-state index is 11.6. The fraction of sp³-hybridized carbons (Fsp3) is 0.692. The van der Waals surface area contributed by atoms with Gasteiger partial charge in [0, 0.05) is 25.1 Å². The van der Waals surface area contributed by atoms with Gasteiger partial charge in [-0.25, -0.2) is 4.98 Å². The summed E-state index contributed by atoms with van der Waals surface area (Å²) in [6.45, 7) is 7.29. The normalized spacial score (nSPS) is 19.6. The smallest absolute Gasteiger partial charge is 0.251 e. The number of nitrogens with zero attached hydrogens (tertiary/aromatic N) is 1. The zero-order chi connectivity index (χ0) is 13.0. The van der Waals surface area contributed by atoms with Crippen molar-refractivity contribution in [2.24, 2.45) is 5.92 Å². The van der Waals surface area contributed by atoms with Crippen LogP contribution in [0, 0.1) is 5.92 Å². The molecule has 2 N–H and O–H groups in total. The summed E-state index contributed by atoms with van der Waals surface area (Å²) in [5, 5.41) is 3.30. The molecule has 1 aliphatic heterocycles. The first-order chi connectivity index (χ1) is 8.65. The van der Waals surface area contributed by atoms with E-state index in [4.69, 9.17) is 4.74 Å². The van der Waals surface area contributed by atoms with Gasteiger partial charge in [-0.05, 0) is 18.9 Å². The van der Waals surface area contributed by atoms with E-state index in [0.29, 0.717) is 19.1 Å². The Morgan fingerprint density at radius 2 is 2.44 bits per heavy atom. The van der Waals surface area contributed by atoms with Crippen molar-refractivity contribution in [2.75, 3.05) is 19.8 Å². The molecule has 0 amide bonds. The summed E-state index contributed by atoms with van der Waals surface area (Å²) in [7, 11) is 0. The summed E-state index contributed by atoms with van der Waals surface area (Å²) in [6, 6.07) is 1.56. The first-order valence-electron chi connectivity index (χ1n) is 6.53. The first-order valence-corrected chi connectivity index (χ1v) is 6.53. The number of hydrogen-bond donors (Lipinski definition) is 2. The molecule has 1 atom stereocenters. The van der Waals surface area contributed by atoms with Crippen LogP contribution in [-0.2, 0) is 11.3 Å². The number of H-pyrrole nitrogens is 1. The molecule has 1 unspecified atom stereocenters. The van der Waals surface area contributed by atoms with Gasteiger partial charge < -0.3 is 15.0 Å². The Morgan fingerprint density at radius 1 is 1.61 bits per heavy atom. The number of ether oxygens (including phenoxy) is 1. The van der Waals surface area contributed by atoms with Crippen LogP contribution in [0.1, 0.15) is 37.7 Å². The van der Waals surface area contributed by atoms with E-state index in [-0.39, 0.29) is 11.5 Å². The minimum absolute atomic E-state index is 0.0757. The zero-order valence-corrected chi connectivity index (χ0v) is 11.0. The van der Waals surface area contributed by atoms with Crippen LogP contribution in [0.5, 0.6) is 0 Å². The minimum Gasteiger partial charge on any atom is -0.381 e. The van der Waals surface area contributed by atoms with Crippen molar-refractivity contribution in [3.05, 3.63) is 27.9 Å². The molecule has 0 aromatic carbocycles. The molecule has 1 fully saturated rings. The predicted octanol–water partition coefficient (Wildman–Crippen LogP) is 1.02. The van der Waals surface area contributed by atoms with E-state index in [2.05, 4.69) is 29.1 Å². The van der Waals surface area contributed by atoms with Gasteiger partial charge in [0.1, 0.15) is 5.82 Å². The van der Waals surface area contributed by atoms with Crippen LogP contribution < -0.4 is 10.9 Å². The highest BCUT2D eigenvalue weighted by Crippen LogP contribution is 2.21. The lowest BCUT2D eigenvalue weighted by molar-refractivity contribution is 0.193. The Bertz CT molecular complexity index is 436. The molecule has 0 bridgehead atoms. The van der Waals surface area contributed by atoms with E-state index in [9.17, 15) is 4.79 Å². The molecule has 5 heteroatoms.